The lowest BCUT2D eigenvalue weighted by Gasteiger charge is -2.31. The number of carbonyl (C=O) groups is 2. The summed E-state index contributed by atoms with van der Waals surface area (Å²) >= 11 is 0. The van der Waals surface area contributed by atoms with Crippen LogP contribution in [0.3, 0.4) is 0 Å². The number of rotatable bonds is 3. The highest BCUT2D eigenvalue weighted by atomic mass is 16.1. The van der Waals surface area contributed by atoms with Gasteiger partial charge in [0.2, 0.25) is 0 Å². The lowest BCUT2D eigenvalue weighted by molar-refractivity contribution is 0.0953. The van der Waals surface area contributed by atoms with E-state index in [1.54, 1.807) is 0 Å². The number of fused-ring (bicyclic) bond motifs is 1. The Morgan fingerprint density at radius 1 is 1.05 bits per heavy atom. The van der Waals surface area contributed by atoms with Gasteiger partial charge in [0.1, 0.15) is 0 Å². The van der Waals surface area contributed by atoms with Gasteiger partial charge in [-0.1, -0.05) is 19.8 Å². The molecule has 0 aliphatic heterocycles. The summed E-state index contributed by atoms with van der Waals surface area (Å²) in [6, 6.07) is 3.82. The normalized spacial score (nSPS) is 21.0. The molecule has 1 aromatic rings. The second-order valence-electron chi connectivity index (χ2n) is 6.76. The van der Waals surface area contributed by atoms with Gasteiger partial charge in [-0.25, -0.2) is 0 Å². The van der Waals surface area contributed by atoms with Crippen LogP contribution in [-0.2, 0) is 0 Å². The van der Waals surface area contributed by atoms with Gasteiger partial charge in [0, 0.05) is 22.3 Å². The Morgan fingerprint density at radius 3 is 2.32 bits per heavy atom. The standard InChI is InChI=1S/C20H24O2/c1-4-5-7-14-8-6-9-15-18(14)20(22)17-11-13(3)12(2)10-16(17)19(15)21/h10-11,14H,4-9H2,1-3H3. The predicted molar refractivity (Wildman–Crippen MR) is 88.5 cm³/mol. The fourth-order valence-corrected chi connectivity index (χ4v) is 3.85. The van der Waals surface area contributed by atoms with E-state index in [-0.39, 0.29) is 17.5 Å². The van der Waals surface area contributed by atoms with E-state index in [0.717, 1.165) is 60.8 Å². The topological polar surface area (TPSA) is 34.1 Å². The molecule has 0 amide bonds. The minimum Gasteiger partial charge on any atom is -0.289 e. The molecule has 1 aromatic carbocycles. The van der Waals surface area contributed by atoms with Crippen LogP contribution in [0.25, 0.3) is 0 Å². The second kappa shape index (κ2) is 5.83. The Bertz CT molecular complexity index is 679. The summed E-state index contributed by atoms with van der Waals surface area (Å²) in [5, 5.41) is 0. The molecule has 3 rings (SSSR count). The summed E-state index contributed by atoms with van der Waals surface area (Å²) in [5.74, 6) is 0.511. The molecule has 0 bridgehead atoms. The number of Topliss-reactive ketones (excluding diaryl/α,β-unsaturated/α-hetero) is 2. The number of aryl methyl sites for hydroxylation is 2. The zero-order valence-electron chi connectivity index (χ0n) is 13.8. The fraction of sp³-hybridized carbons (Fsp3) is 0.500. The maximum atomic E-state index is 13.0. The zero-order valence-corrected chi connectivity index (χ0v) is 13.8. The Morgan fingerprint density at radius 2 is 1.68 bits per heavy atom. The van der Waals surface area contributed by atoms with Crippen molar-refractivity contribution in [1.29, 1.82) is 0 Å². The highest BCUT2D eigenvalue weighted by Crippen LogP contribution is 2.41. The molecule has 0 spiro atoms. The third-order valence-corrected chi connectivity index (χ3v) is 5.26. The first-order valence-corrected chi connectivity index (χ1v) is 8.48. The van der Waals surface area contributed by atoms with Crippen LogP contribution in [0.4, 0.5) is 0 Å². The van der Waals surface area contributed by atoms with E-state index < -0.39 is 0 Å². The Kier molecular flexibility index (Phi) is 4.03. The number of allylic oxidation sites excluding steroid dienone is 2. The number of hydrogen-bond acceptors (Lipinski definition) is 2. The third-order valence-electron chi connectivity index (χ3n) is 5.26. The smallest absolute Gasteiger partial charge is 0.190 e. The summed E-state index contributed by atoms with van der Waals surface area (Å²) in [4.78, 5) is 25.9. The van der Waals surface area contributed by atoms with E-state index in [1.807, 2.05) is 26.0 Å². The Labute approximate surface area is 132 Å². The van der Waals surface area contributed by atoms with Crippen molar-refractivity contribution in [2.45, 2.75) is 59.3 Å². The van der Waals surface area contributed by atoms with E-state index >= 15 is 0 Å². The van der Waals surface area contributed by atoms with Gasteiger partial charge in [0.15, 0.2) is 11.6 Å². The molecule has 0 saturated heterocycles. The zero-order chi connectivity index (χ0) is 15.9. The van der Waals surface area contributed by atoms with Crippen molar-refractivity contribution in [3.05, 3.63) is 45.5 Å². The highest BCUT2D eigenvalue weighted by molar-refractivity contribution is 6.27. The SMILES string of the molecule is CCCCC1CCCC2=C1C(=O)c1cc(C)c(C)cc1C2=O. The van der Waals surface area contributed by atoms with Gasteiger partial charge >= 0.3 is 0 Å². The molecule has 0 radical (unpaired) electrons. The van der Waals surface area contributed by atoms with Gasteiger partial charge in [-0.3, -0.25) is 9.59 Å². The van der Waals surface area contributed by atoms with Crippen molar-refractivity contribution >= 4 is 11.6 Å². The minimum atomic E-state index is 0.105. The van der Waals surface area contributed by atoms with Crippen molar-refractivity contribution < 1.29 is 9.59 Å². The first kappa shape index (κ1) is 15.2. The van der Waals surface area contributed by atoms with Gasteiger partial charge in [0.25, 0.3) is 0 Å². The fourth-order valence-electron chi connectivity index (χ4n) is 3.85. The molecular weight excluding hydrogens is 272 g/mol. The molecule has 1 unspecified atom stereocenters. The molecule has 22 heavy (non-hydrogen) atoms. The summed E-state index contributed by atoms with van der Waals surface area (Å²) < 4.78 is 0. The molecular formula is C20H24O2. The molecule has 0 fully saturated rings. The molecule has 0 saturated carbocycles. The molecule has 2 heteroatoms. The van der Waals surface area contributed by atoms with Crippen LogP contribution < -0.4 is 0 Å². The van der Waals surface area contributed by atoms with Crippen LogP contribution in [0, 0.1) is 19.8 Å². The average Bonchev–Trinajstić information content (AvgIpc) is 2.52. The number of benzene rings is 1. The number of carbonyl (C=O) groups excluding carboxylic acids is 2. The van der Waals surface area contributed by atoms with E-state index in [2.05, 4.69) is 6.92 Å². The van der Waals surface area contributed by atoms with E-state index in [4.69, 9.17) is 0 Å². The first-order chi connectivity index (χ1) is 10.5. The average molecular weight is 296 g/mol. The second-order valence-corrected chi connectivity index (χ2v) is 6.76. The number of ketones is 2. The van der Waals surface area contributed by atoms with Gasteiger partial charge < -0.3 is 0 Å². The Balaban J connectivity index is 2.09. The molecule has 2 nitrogen and oxygen atoms in total. The lowest BCUT2D eigenvalue weighted by atomic mass is 9.71. The monoisotopic (exact) mass is 296 g/mol. The quantitative estimate of drug-likeness (QED) is 0.789. The van der Waals surface area contributed by atoms with Crippen molar-refractivity contribution in [1.82, 2.24) is 0 Å². The van der Waals surface area contributed by atoms with Gasteiger partial charge in [0.05, 0.1) is 0 Å². The highest BCUT2D eigenvalue weighted by Gasteiger charge is 2.37. The first-order valence-electron chi connectivity index (χ1n) is 8.48. The summed E-state index contributed by atoms with van der Waals surface area (Å²) in [7, 11) is 0. The maximum Gasteiger partial charge on any atom is 0.190 e. The van der Waals surface area contributed by atoms with Gasteiger partial charge in [-0.2, -0.15) is 0 Å². The largest absolute Gasteiger partial charge is 0.289 e. The van der Waals surface area contributed by atoms with E-state index in [0.29, 0.717) is 11.1 Å². The van der Waals surface area contributed by atoms with Crippen LogP contribution >= 0.6 is 0 Å². The van der Waals surface area contributed by atoms with Crippen LogP contribution in [0.15, 0.2) is 23.3 Å². The van der Waals surface area contributed by atoms with Gasteiger partial charge in [-0.05, 0) is 68.7 Å². The predicted octanol–water partition coefficient (Wildman–Crippen LogP) is 4.97. The minimum absolute atomic E-state index is 0.105. The van der Waals surface area contributed by atoms with Crippen LogP contribution in [-0.4, -0.2) is 11.6 Å². The number of unbranched alkanes of at least 4 members (excludes halogenated alkanes) is 1. The van der Waals surface area contributed by atoms with Crippen LogP contribution in [0.1, 0.15) is 77.3 Å². The van der Waals surface area contributed by atoms with Crippen molar-refractivity contribution in [3.63, 3.8) is 0 Å². The molecule has 0 N–H and O–H groups in total. The molecule has 0 aromatic heterocycles. The van der Waals surface area contributed by atoms with Crippen LogP contribution in [0.2, 0.25) is 0 Å². The molecule has 1 atom stereocenters. The lowest BCUT2D eigenvalue weighted by Crippen LogP contribution is -2.29. The van der Waals surface area contributed by atoms with Crippen molar-refractivity contribution in [2.24, 2.45) is 5.92 Å². The number of hydrogen-bond donors (Lipinski definition) is 0. The molecule has 2 aliphatic carbocycles. The molecule has 0 heterocycles. The maximum absolute atomic E-state index is 13.0. The van der Waals surface area contributed by atoms with E-state index in [1.165, 1.54) is 0 Å². The molecule has 2 aliphatic rings. The molecule has 116 valence electrons. The van der Waals surface area contributed by atoms with E-state index in [9.17, 15) is 9.59 Å². The van der Waals surface area contributed by atoms with Crippen molar-refractivity contribution in [3.8, 4) is 0 Å². The van der Waals surface area contributed by atoms with Crippen LogP contribution in [0.5, 0.6) is 0 Å². The summed E-state index contributed by atoms with van der Waals surface area (Å²) in [5.41, 5.74) is 5.10. The summed E-state index contributed by atoms with van der Waals surface area (Å²) in [6.45, 7) is 6.18. The summed E-state index contributed by atoms with van der Waals surface area (Å²) in [6.07, 6.45) is 6.16. The Hall–Kier alpha value is -1.70. The third kappa shape index (κ3) is 2.35. The van der Waals surface area contributed by atoms with Gasteiger partial charge in [-0.15, -0.1) is 0 Å². The van der Waals surface area contributed by atoms with Crippen molar-refractivity contribution in [2.75, 3.05) is 0 Å².